The highest BCUT2D eigenvalue weighted by Gasteiger charge is 2.42. The van der Waals surface area contributed by atoms with Crippen molar-refractivity contribution in [2.45, 2.75) is 19.9 Å². The van der Waals surface area contributed by atoms with Crippen LogP contribution in [0.15, 0.2) is 24.3 Å². The van der Waals surface area contributed by atoms with Gasteiger partial charge in [0, 0.05) is 6.04 Å². The molecule has 0 aliphatic carbocycles. The first-order valence-electron chi connectivity index (χ1n) is 5.73. The number of anilines is 1. The zero-order chi connectivity index (χ0) is 14.2. The summed E-state index contributed by atoms with van der Waals surface area (Å²) in [5, 5.41) is 8.81. The molecule has 0 unspecified atom stereocenters. The fourth-order valence-corrected chi connectivity index (χ4v) is 3.74. The van der Waals surface area contributed by atoms with E-state index in [4.69, 9.17) is 5.26 Å². The number of amides is 1. The number of rotatable bonds is 2. The molecule has 100 valence electrons. The molecule has 0 atom stereocenters. The second-order valence-corrected chi connectivity index (χ2v) is 6.11. The predicted molar refractivity (Wildman–Crippen MR) is 69.6 cm³/mol. The highest BCUT2D eigenvalue weighted by atomic mass is 32.2. The first-order valence-corrected chi connectivity index (χ1v) is 7.13. The molecule has 0 saturated heterocycles. The fourth-order valence-electron chi connectivity index (χ4n) is 2.06. The number of carbonyl (C=O) groups excluding carboxylic acids is 1. The lowest BCUT2D eigenvalue weighted by Gasteiger charge is -2.37. The molecule has 1 aromatic carbocycles. The summed E-state index contributed by atoms with van der Waals surface area (Å²) >= 11 is 0. The Labute approximate surface area is 112 Å². The van der Waals surface area contributed by atoms with Crippen LogP contribution in [-0.2, 0) is 10.2 Å². The molecule has 0 fully saturated rings. The first-order chi connectivity index (χ1) is 8.91. The predicted octanol–water partition coefficient (Wildman–Crippen LogP) is 1.13. The molecule has 0 N–H and O–H groups in total. The van der Waals surface area contributed by atoms with Gasteiger partial charge in [-0.1, -0.05) is 12.1 Å². The van der Waals surface area contributed by atoms with Gasteiger partial charge in [-0.3, -0.25) is 4.79 Å². The van der Waals surface area contributed by atoms with Crippen LogP contribution in [0.2, 0.25) is 0 Å². The average molecular weight is 279 g/mol. The summed E-state index contributed by atoms with van der Waals surface area (Å²) in [5.74, 6) is -0.556. The molecule has 1 heterocycles. The van der Waals surface area contributed by atoms with E-state index in [0.29, 0.717) is 5.56 Å². The van der Waals surface area contributed by atoms with Gasteiger partial charge in [0.15, 0.2) is 0 Å². The molecule has 0 aromatic heterocycles. The van der Waals surface area contributed by atoms with Gasteiger partial charge < -0.3 is 0 Å². The van der Waals surface area contributed by atoms with Gasteiger partial charge in [-0.2, -0.15) is 13.7 Å². The molecular formula is C12H13N3O3S. The maximum absolute atomic E-state index is 12.4. The molecule has 7 heteroatoms. The maximum atomic E-state index is 12.4. The highest BCUT2D eigenvalue weighted by molar-refractivity contribution is 7.91. The van der Waals surface area contributed by atoms with E-state index < -0.39 is 22.2 Å². The number of para-hydroxylation sites is 1. The Morgan fingerprint density at radius 2 is 1.95 bits per heavy atom. The Kier molecular flexibility index (Phi) is 3.20. The smallest absolute Gasteiger partial charge is 0.268 e. The van der Waals surface area contributed by atoms with Gasteiger partial charge in [-0.15, -0.1) is 0 Å². The van der Waals surface area contributed by atoms with Crippen molar-refractivity contribution >= 4 is 21.8 Å². The normalized spacial score (nSPS) is 17.3. The Morgan fingerprint density at radius 1 is 1.32 bits per heavy atom. The van der Waals surface area contributed by atoms with Crippen molar-refractivity contribution in [3.05, 3.63) is 29.8 Å². The van der Waals surface area contributed by atoms with E-state index in [1.807, 2.05) is 6.07 Å². The molecule has 0 spiro atoms. The molecule has 2 rings (SSSR count). The lowest BCUT2D eigenvalue weighted by atomic mass is 10.1. The topological polar surface area (TPSA) is 81.5 Å². The van der Waals surface area contributed by atoms with E-state index >= 15 is 0 Å². The fraction of sp³-hybridized carbons (Fsp3) is 0.333. The molecular weight excluding hydrogens is 266 g/mol. The van der Waals surface area contributed by atoms with Crippen LogP contribution in [0.5, 0.6) is 0 Å². The maximum Gasteiger partial charge on any atom is 0.330 e. The van der Waals surface area contributed by atoms with Crippen LogP contribution in [0.1, 0.15) is 24.2 Å². The lowest BCUT2D eigenvalue weighted by Crippen LogP contribution is -2.54. The van der Waals surface area contributed by atoms with E-state index in [1.165, 1.54) is 6.07 Å². The third kappa shape index (κ3) is 1.94. The van der Waals surface area contributed by atoms with E-state index in [-0.39, 0.29) is 12.2 Å². The largest absolute Gasteiger partial charge is 0.330 e. The monoisotopic (exact) mass is 279 g/mol. The van der Waals surface area contributed by atoms with Gasteiger partial charge in [0.05, 0.1) is 17.3 Å². The van der Waals surface area contributed by atoms with E-state index in [2.05, 4.69) is 0 Å². The van der Waals surface area contributed by atoms with Crippen molar-refractivity contribution in [2.75, 3.05) is 10.8 Å². The van der Waals surface area contributed by atoms with Gasteiger partial charge in [-0.25, -0.2) is 8.61 Å². The van der Waals surface area contributed by atoms with Crippen LogP contribution >= 0.6 is 0 Å². The van der Waals surface area contributed by atoms with Crippen molar-refractivity contribution in [1.82, 2.24) is 4.31 Å². The minimum atomic E-state index is -3.99. The average Bonchev–Trinajstić information content (AvgIpc) is 2.33. The number of fused-ring (bicyclic) bond motifs is 1. The molecule has 6 nitrogen and oxygen atoms in total. The molecule has 0 radical (unpaired) electrons. The minimum absolute atomic E-state index is 0.256. The second kappa shape index (κ2) is 4.55. The molecule has 19 heavy (non-hydrogen) atoms. The van der Waals surface area contributed by atoms with Gasteiger partial charge in [0.1, 0.15) is 6.54 Å². The highest BCUT2D eigenvalue weighted by Crippen LogP contribution is 2.32. The summed E-state index contributed by atoms with van der Waals surface area (Å²) in [7, 11) is -3.99. The Bertz CT molecular complexity index is 661. The second-order valence-electron chi connectivity index (χ2n) is 4.38. The van der Waals surface area contributed by atoms with Crippen molar-refractivity contribution < 1.29 is 13.2 Å². The van der Waals surface area contributed by atoms with Gasteiger partial charge in [-0.05, 0) is 26.0 Å². The Morgan fingerprint density at radius 3 is 2.53 bits per heavy atom. The molecule has 1 aliphatic heterocycles. The van der Waals surface area contributed by atoms with Crippen LogP contribution in [0, 0.1) is 11.3 Å². The zero-order valence-corrected chi connectivity index (χ0v) is 11.4. The summed E-state index contributed by atoms with van der Waals surface area (Å²) in [6.45, 7) is 2.91. The number of nitriles is 1. The van der Waals surface area contributed by atoms with Crippen LogP contribution in [-0.4, -0.2) is 31.2 Å². The molecule has 1 amide bonds. The van der Waals surface area contributed by atoms with Crippen LogP contribution in [0.25, 0.3) is 0 Å². The number of carbonyl (C=O) groups is 1. The summed E-state index contributed by atoms with van der Waals surface area (Å²) in [5.41, 5.74) is 0.548. The summed E-state index contributed by atoms with van der Waals surface area (Å²) in [4.78, 5) is 12.3. The lowest BCUT2D eigenvalue weighted by molar-refractivity contribution is 0.0831. The van der Waals surface area contributed by atoms with E-state index in [0.717, 1.165) is 8.61 Å². The van der Waals surface area contributed by atoms with Gasteiger partial charge >= 0.3 is 10.2 Å². The van der Waals surface area contributed by atoms with Crippen molar-refractivity contribution in [3.63, 3.8) is 0 Å². The third-order valence-corrected chi connectivity index (χ3v) is 4.78. The molecule has 0 bridgehead atoms. The number of hydrogen-bond acceptors (Lipinski definition) is 4. The molecule has 1 aromatic rings. The molecule has 0 saturated carbocycles. The quantitative estimate of drug-likeness (QED) is 0.760. The first kappa shape index (κ1) is 13.4. The van der Waals surface area contributed by atoms with Crippen molar-refractivity contribution in [1.29, 1.82) is 5.26 Å². The Balaban J connectivity index is 2.71. The number of benzene rings is 1. The SMILES string of the molecule is CC(C)N1C(=O)c2ccccc2N(CC#N)S1(=O)=O. The summed E-state index contributed by atoms with van der Waals surface area (Å²) in [6, 6.07) is 7.70. The molecule has 1 aliphatic rings. The van der Waals surface area contributed by atoms with Gasteiger partial charge in [0.2, 0.25) is 0 Å². The van der Waals surface area contributed by atoms with Crippen molar-refractivity contribution in [2.24, 2.45) is 0 Å². The van der Waals surface area contributed by atoms with Crippen LogP contribution in [0.3, 0.4) is 0 Å². The summed E-state index contributed by atoms with van der Waals surface area (Å²) in [6.07, 6.45) is 0. The number of hydrogen-bond donors (Lipinski definition) is 0. The zero-order valence-electron chi connectivity index (χ0n) is 10.6. The van der Waals surface area contributed by atoms with Crippen LogP contribution in [0.4, 0.5) is 5.69 Å². The van der Waals surface area contributed by atoms with Crippen molar-refractivity contribution in [3.8, 4) is 6.07 Å². The Hall–Kier alpha value is -2.07. The van der Waals surface area contributed by atoms with E-state index in [1.54, 1.807) is 32.0 Å². The minimum Gasteiger partial charge on any atom is -0.268 e. The number of nitrogens with zero attached hydrogens (tertiary/aromatic N) is 3. The standard InChI is InChI=1S/C12H13N3O3S/c1-9(2)15-12(16)10-5-3-4-6-11(10)14(8-7-13)19(15,17)18/h3-6,9H,8H2,1-2H3. The van der Waals surface area contributed by atoms with Gasteiger partial charge in [0.25, 0.3) is 5.91 Å². The summed E-state index contributed by atoms with van der Waals surface area (Å²) < 4.78 is 26.6. The van der Waals surface area contributed by atoms with E-state index in [9.17, 15) is 13.2 Å². The van der Waals surface area contributed by atoms with Crippen LogP contribution < -0.4 is 4.31 Å². The third-order valence-electron chi connectivity index (χ3n) is 2.81.